The standard InChI is InChI=1S/C14H19N3O3/c1-4-19-8-11(15)13-16-14(20-17-13)10-7-9(2)5-6-12(10)18-3/h5-7,11H,4,8,15H2,1-3H3. The minimum atomic E-state index is -0.400. The van der Waals surface area contributed by atoms with Gasteiger partial charge in [0.1, 0.15) is 5.75 Å². The van der Waals surface area contributed by atoms with Gasteiger partial charge < -0.3 is 19.7 Å². The Kier molecular flexibility index (Phi) is 4.70. The Labute approximate surface area is 117 Å². The minimum absolute atomic E-state index is 0.362. The van der Waals surface area contributed by atoms with E-state index in [1.165, 1.54) is 0 Å². The van der Waals surface area contributed by atoms with Gasteiger partial charge in [-0.05, 0) is 26.0 Å². The molecule has 0 bridgehead atoms. The van der Waals surface area contributed by atoms with Gasteiger partial charge >= 0.3 is 0 Å². The summed E-state index contributed by atoms with van der Waals surface area (Å²) in [5.41, 5.74) is 7.77. The molecule has 0 saturated heterocycles. The fraction of sp³-hybridized carbons (Fsp3) is 0.429. The highest BCUT2D eigenvalue weighted by atomic mass is 16.5. The molecule has 0 fully saturated rings. The zero-order valence-electron chi connectivity index (χ0n) is 11.9. The molecular formula is C14H19N3O3. The van der Waals surface area contributed by atoms with E-state index >= 15 is 0 Å². The quantitative estimate of drug-likeness (QED) is 0.870. The van der Waals surface area contributed by atoms with Gasteiger partial charge in [0.2, 0.25) is 0 Å². The Morgan fingerprint density at radius 2 is 2.20 bits per heavy atom. The molecule has 20 heavy (non-hydrogen) atoms. The number of hydrogen-bond donors (Lipinski definition) is 1. The SMILES string of the molecule is CCOCC(N)c1noc(-c2cc(C)ccc2OC)n1. The van der Waals surface area contributed by atoms with Crippen LogP contribution in [0.1, 0.15) is 24.4 Å². The monoisotopic (exact) mass is 277 g/mol. The van der Waals surface area contributed by atoms with Crippen LogP contribution >= 0.6 is 0 Å². The number of aromatic nitrogens is 2. The lowest BCUT2D eigenvalue weighted by Gasteiger charge is -2.06. The second-order valence-electron chi connectivity index (χ2n) is 4.43. The van der Waals surface area contributed by atoms with Crippen LogP contribution in [0.3, 0.4) is 0 Å². The van der Waals surface area contributed by atoms with Crippen LogP contribution in [-0.4, -0.2) is 30.5 Å². The number of nitrogens with two attached hydrogens (primary N) is 1. The van der Waals surface area contributed by atoms with E-state index in [1.54, 1.807) is 7.11 Å². The Morgan fingerprint density at radius 1 is 1.40 bits per heavy atom. The maximum absolute atomic E-state index is 5.93. The van der Waals surface area contributed by atoms with Crippen molar-refractivity contribution in [1.82, 2.24) is 10.1 Å². The Balaban J connectivity index is 2.26. The fourth-order valence-corrected chi connectivity index (χ4v) is 1.80. The second kappa shape index (κ2) is 6.49. The van der Waals surface area contributed by atoms with Crippen molar-refractivity contribution in [2.75, 3.05) is 20.3 Å². The number of aryl methyl sites for hydroxylation is 1. The van der Waals surface area contributed by atoms with Gasteiger partial charge in [0.25, 0.3) is 5.89 Å². The van der Waals surface area contributed by atoms with Crippen LogP contribution in [0.5, 0.6) is 5.75 Å². The van der Waals surface area contributed by atoms with E-state index in [1.807, 2.05) is 32.0 Å². The van der Waals surface area contributed by atoms with Crippen molar-refractivity contribution in [3.63, 3.8) is 0 Å². The molecule has 1 aromatic carbocycles. The zero-order chi connectivity index (χ0) is 14.5. The molecule has 108 valence electrons. The van der Waals surface area contributed by atoms with Gasteiger partial charge in [-0.1, -0.05) is 16.8 Å². The molecule has 0 saturated carbocycles. The first-order chi connectivity index (χ1) is 9.65. The van der Waals surface area contributed by atoms with E-state index in [0.717, 1.165) is 11.1 Å². The molecule has 1 unspecified atom stereocenters. The van der Waals surface area contributed by atoms with Crippen LogP contribution in [0, 0.1) is 6.92 Å². The Bertz CT molecular complexity index is 569. The van der Waals surface area contributed by atoms with Crippen molar-refractivity contribution in [3.05, 3.63) is 29.6 Å². The topological polar surface area (TPSA) is 83.4 Å². The minimum Gasteiger partial charge on any atom is -0.496 e. The maximum Gasteiger partial charge on any atom is 0.261 e. The highest BCUT2D eigenvalue weighted by molar-refractivity contribution is 5.63. The third-order valence-corrected chi connectivity index (χ3v) is 2.86. The van der Waals surface area contributed by atoms with E-state index in [0.29, 0.717) is 30.7 Å². The molecule has 0 aliphatic rings. The number of methoxy groups -OCH3 is 1. The van der Waals surface area contributed by atoms with E-state index in [-0.39, 0.29) is 0 Å². The third-order valence-electron chi connectivity index (χ3n) is 2.86. The van der Waals surface area contributed by atoms with Crippen LogP contribution < -0.4 is 10.5 Å². The lowest BCUT2D eigenvalue weighted by Crippen LogP contribution is -2.18. The molecule has 6 nitrogen and oxygen atoms in total. The van der Waals surface area contributed by atoms with E-state index in [2.05, 4.69) is 10.1 Å². The summed E-state index contributed by atoms with van der Waals surface area (Å²) in [6.45, 7) is 4.86. The molecule has 0 aliphatic carbocycles. The Hall–Kier alpha value is -1.92. The molecule has 2 N–H and O–H groups in total. The number of benzene rings is 1. The molecule has 1 atom stereocenters. The van der Waals surface area contributed by atoms with Gasteiger partial charge in [0, 0.05) is 6.61 Å². The average molecular weight is 277 g/mol. The average Bonchev–Trinajstić information content (AvgIpc) is 2.94. The molecule has 0 amide bonds. The largest absolute Gasteiger partial charge is 0.496 e. The van der Waals surface area contributed by atoms with Crippen LogP contribution in [0.4, 0.5) is 0 Å². The second-order valence-corrected chi connectivity index (χ2v) is 4.43. The normalized spacial score (nSPS) is 12.4. The molecule has 1 heterocycles. The summed E-state index contributed by atoms with van der Waals surface area (Å²) < 4.78 is 15.8. The van der Waals surface area contributed by atoms with Gasteiger partial charge in [-0.3, -0.25) is 0 Å². The summed E-state index contributed by atoms with van der Waals surface area (Å²) in [5, 5.41) is 3.90. The summed E-state index contributed by atoms with van der Waals surface area (Å²) in [6.07, 6.45) is 0. The van der Waals surface area contributed by atoms with Crippen LogP contribution in [-0.2, 0) is 4.74 Å². The Morgan fingerprint density at radius 3 is 2.90 bits per heavy atom. The van der Waals surface area contributed by atoms with Gasteiger partial charge in [0.05, 0.1) is 25.3 Å². The number of hydrogen-bond acceptors (Lipinski definition) is 6. The first-order valence-corrected chi connectivity index (χ1v) is 6.47. The summed E-state index contributed by atoms with van der Waals surface area (Å²) in [7, 11) is 1.60. The van der Waals surface area contributed by atoms with Crippen molar-refractivity contribution in [3.8, 4) is 17.2 Å². The van der Waals surface area contributed by atoms with E-state index in [4.69, 9.17) is 19.7 Å². The highest BCUT2D eigenvalue weighted by Crippen LogP contribution is 2.30. The number of rotatable bonds is 6. The number of nitrogens with zero attached hydrogens (tertiary/aromatic N) is 2. The molecule has 1 aromatic heterocycles. The lowest BCUT2D eigenvalue weighted by molar-refractivity contribution is 0.130. The van der Waals surface area contributed by atoms with Crippen LogP contribution in [0.25, 0.3) is 11.5 Å². The predicted molar refractivity (Wildman–Crippen MR) is 74.4 cm³/mol. The summed E-state index contributed by atoms with van der Waals surface area (Å²) in [6, 6.07) is 5.36. The van der Waals surface area contributed by atoms with Gasteiger partial charge in [-0.2, -0.15) is 4.98 Å². The van der Waals surface area contributed by atoms with E-state index < -0.39 is 6.04 Å². The molecule has 0 aliphatic heterocycles. The first-order valence-electron chi connectivity index (χ1n) is 6.47. The number of ether oxygens (including phenoxy) is 2. The molecule has 2 aromatic rings. The summed E-state index contributed by atoms with van der Waals surface area (Å²) in [4.78, 5) is 4.32. The lowest BCUT2D eigenvalue weighted by atomic mass is 10.1. The summed E-state index contributed by atoms with van der Waals surface area (Å²) in [5.74, 6) is 1.51. The maximum atomic E-state index is 5.93. The van der Waals surface area contributed by atoms with Crippen LogP contribution in [0.2, 0.25) is 0 Å². The van der Waals surface area contributed by atoms with Crippen molar-refractivity contribution in [2.45, 2.75) is 19.9 Å². The predicted octanol–water partition coefficient (Wildman–Crippen LogP) is 2.09. The smallest absolute Gasteiger partial charge is 0.261 e. The zero-order valence-corrected chi connectivity index (χ0v) is 11.9. The first kappa shape index (κ1) is 14.5. The fourth-order valence-electron chi connectivity index (χ4n) is 1.80. The van der Waals surface area contributed by atoms with Gasteiger partial charge in [-0.25, -0.2) is 0 Å². The van der Waals surface area contributed by atoms with Crippen molar-refractivity contribution >= 4 is 0 Å². The summed E-state index contributed by atoms with van der Waals surface area (Å²) >= 11 is 0. The molecule has 0 spiro atoms. The van der Waals surface area contributed by atoms with Gasteiger partial charge in [-0.15, -0.1) is 0 Å². The molecule has 2 rings (SSSR count). The van der Waals surface area contributed by atoms with E-state index in [9.17, 15) is 0 Å². The van der Waals surface area contributed by atoms with Gasteiger partial charge in [0.15, 0.2) is 5.82 Å². The molecular weight excluding hydrogens is 258 g/mol. The van der Waals surface area contributed by atoms with Crippen molar-refractivity contribution < 1.29 is 14.0 Å². The van der Waals surface area contributed by atoms with Crippen molar-refractivity contribution in [1.29, 1.82) is 0 Å². The van der Waals surface area contributed by atoms with Crippen LogP contribution in [0.15, 0.2) is 22.7 Å². The highest BCUT2D eigenvalue weighted by Gasteiger charge is 2.18. The third kappa shape index (κ3) is 3.15. The molecule has 6 heteroatoms. The molecule has 0 radical (unpaired) electrons. The van der Waals surface area contributed by atoms with Crippen molar-refractivity contribution in [2.24, 2.45) is 5.73 Å².